The van der Waals surface area contributed by atoms with E-state index < -0.39 is 0 Å². The van der Waals surface area contributed by atoms with E-state index in [1.54, 1.807) is 6.20 Å². The zero-order valence-electron chi connectivity index (χ0n) is 11.7. The van der Waals surface area contributed by atoms with Crippen molar-refractivity contribution in [3.8, 4) is 0 Å². The normalized spacial score (nSPS) is 28.6. The van der Waals surface area contributed by atoms with Gasteiger partial charge in [0.25, 0.3) is 0 Å². The van der Waals surface area contributed by atoms with E-state index in [-0.39, 0.29) is 11.3 Å². The number of carbonyl (C=O) groups excluding carboxylic acids is 1. The summed E-state index contributed by atoms with van der Waals surface area (Å²) in [5, 5.41) is 10.4. The van der Waals surface area contributed by atoms with Crippen LogP contribution in [0.5, 0.6) is 0 Å². The van der Waals surface area contributed by atoms with Crippen molar-refractivity contribution in [3.05, 3.63) is 11.9 Å². The fraction of sp³-hybridized carbons (Fsp3) is 0.786. The van der Waals surface area contributed by atoms with Gasteiger partial charge in [0.2, 0.25) is 5.91 Å². The van der Waals surface area contributed by atoms with Gasteiger partial charge in [-0.3, -0.25) is 4.79 Å². The number of amides is 1. The number of hydrogen-bond acceptors (Lipinski definition) is 3. The highest BCUT2D eigenvalue weighted by molar-refractivity contribution is 5.77. The number of aryl methyl sites for hydroxylation is 1. The number of aromatic nitrogens is 3. The van der Waals surface area contributed by atoms with Crippen LogP contribution in [0.3, 0.4) is 0 Å². The summed E-state index contributed by atoms with van der Waals surface area (Å²) in [5.41, 5.74) is 1.15. The van der Waals surface area contributed by atoms with Crippen molar-refractivity contribution < 1.29 is 4.79 Å². The minimum absolute atomic E-state index is 0.282. The summed E-state index contributed by atoms with van der Waals surface area (Å²) in [6, 6.07) is 0.486. The van der Waals surface area contributed by atoms with E-state index in [0.29, 0.717) is 24.8 Å². The molecule has 5 nitrogen and oxygen atoms in total. The van der Waals surface area contributed by atoms with Crippen molar-refractivity contribution in [1.29, 1.82) is 0 Å². The average molecular weight is 262 g/mol. The topological polar surface area (TPSA) is 61.9 Å². The fourth-order valence-electron chi connectivity index (χ4n) is 3.90. The molecule has 3 rings (SSSR count). The first kappa shape index (κ1) is 12.6. The van der Waals surface area contributed by atoms with Gasteiger partial charge in [-0.25, -0.2) is 0 Å². The molecule has 19 heavy (non-hydrogen) atoms. The van der Waals surface area contributed by atoms with Crippen molar-refractivity contribution >= 4 is 5.91 Å². The van der Waals surface area contributed by atoms with Gasteiger partial charge in [0, 0.05) is 25.4 Å². The van der Waals surface area contributed by atoms with E-state index in [1.807, 2.05) is 0 Å². The monoisotopic (exact) mass is 262 g/mol. The lowest BCUT2D eigenvalue weighted by Gasteiger charge is -2.24. The molecule has 1 amide bonds. The smallest absolute Gasteiger partial charge is 0.223 e. The zero-order chi connectivity index (χ0) is 13.5. The first-order valence-electron chi connectivity index (χ1n) is 7.22. The first-order chi connectivity index (χ1) is 9.08. The summed E-state index contributed by atoms with van der Waals surface area (Å²) in [7, 11) is 0. The van der Waals surface area contributed by atoms with Crippen molar-refractivity contribution in [2.75, 3.05) is 6.54 Å². The van der Waals surface area contributed by atoms with E-state index in [4.69, 9.17) is 0 Å². The predicted octanol–water partition coefficient (Wildman–Crippen LogP) is 1.77. The molecule has 1 aliphatic heterocycles. The van der Waals surface area contributed by atoms with Crippen LogP contribution in [-0.4, -0.2) is 38.8 Å². The highest BCUT2D eigenvalue weighted by Crippen LogP contribution is 2.48. The average Bonchev–Trinajstić information content (AvgIpc) is 3.05. The van der Waals surface area contributed by atoms with Gasteiger partial charge in [-0.2, -0.15) is 15.4 Å². The van der Waals surface area contributed by atoms with Crippen molar-refractivity contribution in [2.24, 2.45) is 11.3 Å². The number of H-pyrrole nitrogens is 1. The standard InChI is InChI=1S/C14H22N4O/c1-14(2)9-18(12-5-3-4-11(12)14)13(19)7-6-10-8-15-17-16-10/h8,11-12H,3-7,9H2,1-2H3,(H,15,16,17)/t11-,12+/m1/s1. The Hall–Kier alpha value is -1.39. The third-order valence-electron chi connectivity index (χ3n) is 4.84. The number of hydrogen-bond donors (Lipinski definition) is 1. The molecule has 5 heteroatoms. The van der Waals surface area contributed by atoms with Crippen LogP contribution in [0.15, 0.2) is 6.20 Å². The number of nitrogens with one attached hydrogen (secondary N) is 1. The largest absolute Gasteiger partial charge is 0.339 e. The Morgan fingerprint density at radius 3 is 3.11 bits per heavy atom. The van der Waals surface area contributed by atoms with Gasteiger partial charge in [-0.1, -0.05) is 20.3 Å². The maximum absolute atomic E-state index is 12.4. The second-order valence-electron chi connectivity index (χ2n) is 6.58. The Bertz CT molecular complexity index is 454. The van der Waals surface area contributed by atoms with Gasteiger partial charge < -0.3 is 4.90 Å². The molecule has 1 aromatic heterocycles. The quantitative estimate of drug-likeness (QED) is 0.903. The molecule has 2 atom stereocenters. The maximum Gasteiger partial charge on any atom is 0.223 e. The Balaban J connectivity index is 1.64. The number of likely N-dealkylation sites (tertiary alicyclic amines) is 1. The molecule has 1 saturated carbocycles. The number of carbonyl (C=O) groups is 1. The summed E-state index contributed by atoms with van der Waals surface area (Å²) in [5.74, 6) is 0.981. The van der Waals surface area contributed by atoms with E-state index in [0.717, 1.165) is 12.2 Å². The molecule has 1 aromatic rings. The van der Waals surface area contributed by atoms with E-state index in [1.165, 1.54) is 19.3 Å². The highest BCUT2D eigenvalue weighted by Gasteiger charge is 2.50. The lowest BCUT2D eigenvalue weighted by Crippen LogP contribution is -2.36. The Labute approximate surface area is 113 Å². The first-order valence-corrected chi connectivity index (χ1v) is 7.22. The SMILES string of the molecule is CC1(C)CN(C(=O)CCc2cn[nH]n2)[C@H]2CCC[C@H]21. The molecule has 1 N–H and O–H groups in total. The summed E-state index contributed by atoms with van der Waals surface area (Å²) in [6.07, 6.45) is 6.66. The molecule has 104 valence electrons. The van der Waals surface area contributed by atoms with Crippen molar-refractivity contribution in [1.82, 2.24) is 20.3 Å². The molecule has 1 aliphatic carbocycles. The number of rotatable bonds is 3. The molecule has 0 unspecified atom stereocenters. The molecule has 0 bridgehead atoms. The third-order valence-corrected chi connectivity index (χ3v) is 4.84. The molecule has 2 aliphatic rings. The predicted molar refractivity (Wildman–Crippen MR) is 71.3 cm³/mol. The van der Waals surface area contributed by atoms with Gasteiger partial charge in [0.1, 0.15) is 0 Å². The summed E-state index contributed by atoms with van der Waals surface area (Å²) < 4.78 is 0. The van der Waals surface area contributed by atoms with Gasteiger partial charge in [0.05, 0.1) is 11.9 Å². The zero-order valence-corrected chi connectivity index (χ0v) is 11.7. The molecule has 0 aromatic carbocycles. The van der Waals surface area contributed by atoms with Gasteiger partial charge in [-0.15, -0.1) is 0 Å². The van der Waals surface area contributed by atoms with Crippen molar-refractivity contribution in [2.45, 2.75) is 52.0 Å². The van der Waals surface area contributed by atoms with Crippen LogP contribution in [0.4, 0.5) is 0 Å². The Kier molecular flexibility index (Phi) is 3.07. The molecule has 0 radical (unpaired) electrons. The van der Waals surface area contributed by atoms with E-state index in [2.05, 4.69) is 34.2 Å². The van der Waals surface area contributed by atoms with Crippen molar-refractivity contribution in [3.63, 3.8) is 0 Å². The highest BCUT2D eigenvalue weighted by atomic mass is 16.2. The summed E-state index contributed by atoms with van der Waals surface area (Å²) in [4.78, 5) is 14.6. The van der Waals surface area contributed by atoms with Crippen LogP contribution in [0.1, 0.15) is 45.2 Å². The minimum Gasteiger partial charge on any atom is -0.339 e. The Morgan fingerprint density at radius 2 is 2.37 bits per heavy atom. The molecule has 2 fully saturated rings. The Morgan fingerprint density at radius 1 is 1.53 bits per heavy atom. The second kappa shape index (κ2) is 4.62. The number of fused-ring (bicyclic) bond motifs is 1. The molecule has 2 heterocycles. The van der Waals surface area contributed by atoms with Crippen LogP contribution in [0.25, 0.3) is 0 Å². The molecule has 1 saturated heterocycles. The van der Waals surface area contributed by atoms with Crippen LogP contribution in [0.2, 0.25) is 0 Å². The minimum atomic E-state index is 0.282. The molecule has 0 spiro atoms. The number of aromatic amines is 1. The fourth-order valence-corrected chi connectivity index (χ4v) is 3.90. The lowest BCUT2D eigenvalue weighted by atomic mass is 9.80. The van der Waals surface area contributed by atoms with Crippen LogP contribution >= 0.6 is 0 Å². The maximum atomic E-state index is 12.4. The lowest BCUT2D eigenvalue weighted by molar-refractivity contribution is -0.132. The van der Waals surface area contributed by atoms with E-state index >= 15 is 0 Å². The summed E-state index contributed by atoms with van der Waals surface area (Å²) in [6.45, 7) is 5.53. The van der Waals surface area contributed by atoms with Crippen LogP contribution < -0.4 is 0 Å². The summed E-state index contributed by atoms with van der Waals surface area (Å²) >= 11 is 0. The van der Waals surface area contributed by atoms with Gasteiger partial charge >= 0.3 is 0 Å². The van der Waals surface area contributed by atoms with Crippen LogP contribution in [-0.2, 0) is 11.2 Å². The van der Waals surface area contributed by atoms with Crippen LogP contribution in [0, 0.1) is 11.3 Å². The van der Waals surface area contributed by atoms with Gasteiger partial charge in [-0.05, 0) is 24.2 Å². The molecular weight excluding hydrogens is 240 g/mol. The third kappa shape index (κ3) is 2.26. The van der Waals surface area contributed by atoms with Gasteiger partial charge in [0.15, 0.2) is 0 Å². The van der Waals surface area contributed by atoms with E-state index in [9.17, 15) is 4.79 Å². The number of nitrogens with zero attached hydrogens (tertiary/aromatic N) is 3. The second-order valence-corrected chi connectivity index (χ2v) is 6.58. The molecular formula is C14H22N4O.